The highest BCUT2D eigenvalue weighted by molar-refractivity contribution is 5.69. The van der Waals surface area contributed by atoms with E-state index in [1.54, 1.807) is 0 Å². The summed E-state index contributed by atoms with van der Waals surface area (Å²) in [6.07, 6.45) is 75.1. The SMILES string of the molecule is CCCCCCCCCCCCCCCCCC(=O)O.CCCCCCCCCCCCCCCCCCCCCCCCCCOC(=O)CCCCCCCCCCCCCCCCC. The summed E-state index contributed by atoms with van der Waals surface area (Å²) < 4.78 is 5.47. The lowest BCUT2D eigenvalue weighted by Gasteiger charge is -2.06. The van der Waals surface area contributed by atoms with Crippen LogP contribution in [0.5, 0.6) is 0 Å². The van der Waals surface area contributed by atoms with E-state index in [2.05, 4.69) is 20.8 Å². The monoisotopic (exact) mass is 933 g/mol. The van der Waals surface area contributed by atoms with Crippen molar-refractivity contribution >= 4 is 11.9 Å². The van der Waals surface area contributed by atoms with Gasteiger partial charge in [0.1, 0.15) is 0 Å². The maximum atomic E-state index is 12.0. The highest BCUT2D eigenvalue weighted by atomic mass is 16.5. The van der Waals surface area contributed by atoms with Crippen LogP contribution in [0.2, 0.25) is 0 Å². The predicted octanol–water partition coefficient (Wildman–Crippen LogP) is 22.5. The third-order valence-corrected chi connectivity index (χ3v) is 14.2. The molecule has 4 nitrogen and oxygen atoms in total. The zero-order chi connectivity index (χ0) is 48.2. The fraction of sp³-hybridized carbons (Fsp3) is 0.968. The van der Waals surface area contributed by atoms with Crippen molar-refractivity contribution in [3.63, 3.8) is 0 Å². The van der Waals surface area contributed by atoms with Crippen molar-refractivity contribution in [2.75, 3.05) is 6.61 Å². The molecule has 0 aromatic carbocycles. The zero-order valence-electron chi connectivity index (χ0n) is 46.0. The Kier molecular flexibility index (Phi) is 64.9. The molecule has 4 heteroatoms. The molecule has 0 saturated heterocycles. The maximum absolute atomic E-state index is 12.0. The van der Waals surface area contributed by atoms with Gasteiger partial charge in [-0.1, -0.05) is 348 Å². The zero-order valence-corrected chi connectivity index (χ0v) is 46.0. The summed E-state index contributed by atoms with van der Waals surface area (Å²) in [5, 5.41) is 8.52. The first kappa shape index (κ1) is 67.0. The van der Waals surface area contributed by atoms with E-state index in [1.807, 2.05) is 0 Å². The minimum Gasteiger partial charge on any atom is -0.481 e. The van der Waals surface area contributed by atoms with Gasteiger partial charge >= 0.3 is 11.9 Å². The summed E-state index contributed by atoms with van der Waals surface area (Å²) in [7, 11) is 0. The molecule has 0 aliphatic rings. The lowest BCUT2D eigenvalue weighted by molar-refractivity contribution is -0.144. The smallest absolute Gasteiger partial charge is 0.305 e. The topological polar surface area (TPSA) is 63.6 Å². The number of unbranched alkanes of at least 4 members (excludes halogenated alkanes) is 51. The molecule has 0 atom stereocenters. The minimum absolute atomic E-state index is 0.0313. The Morgan fingerprint density at radius 1 is 0.242 bits per heavy atom. The van der Waals surface area contributed by atoms with Gasteiger partial charge in [0, 0.05) is 12.8 Å². The second kappa shape index (κ2) is 63.9. The molecule has 396 valence electrons. The van der Waals surface area contributed by atoms with E-state index >= 15 is 0 Å². The molecule has 0 radical (unpaired) electrons. The van der Waals surface area contributed by atoms with Crippen LogP contribution in [0.1, 0.15) is 380 Å². The van der Waals surface area contributed by atoms with Crippen molar-refractivity contribution < 1.29 is 19.4 Å². The average molecular weight is 934 g/mol. The van der Waals surface area contributed by atoms with Crippen LogP contribution in [0.25, 0.3) is 0 Å². The highest BCUT2D eigenvalue weighted by Gasteiger charge is 2.04. The molecule has 0 heterocycles. The van der Waals surface area contributed by atoms with Crippen LogP contribution in [-0.4, -0.2) is 23.7 Å². The Bertz CT molecular complexity index is 872. The Morgan fingerprint density at radius 3 is 0.606 bits per heavy atom. The van der Waals surface area contributed by atoms with Crippen molar-refractivity contribution in [2.24, 2.45) is 0 Å². The van der Waals surface area contributed by atoms with Gasteiger partial charge in [-0.2, -0.15) is 0 Å². The molecular formula is C62H124O4. The number of carbonyl (C=O) groups excluding carboxylic acids is 1. The van der Waals surface area contributed by atoms with Gasteiger partial charge in [-0.25, -0.2) is 0 Å². The summed E-state index contributed by atoms with van der Waals surface area (Å²) in [5.41, 5.74) is 0. The molecule has 0 fully saturated rings. The molecule has 0 amide bonds. The average Bonchev–Trinajstić information content (AvgIpc) is 3.31. The van der Waals surface area contributed by atoms with E-state index < -0.39 is 5.97 Å². The van der Waals surface area contributed by atoms with Crippen LogP contribution < -0.4 is 0 Å². The molecule has 0 unspecified atom stereocenters. The lowest BCUT2D eigenvalue weighted by Crippen LogP contribution is -2.05. The fourth-order valence-corrected chi connectivity index (χ4v) is 9.61. The van der Waals surface area contributed by atoms with Crippen molar-refractivity contribution in [3.8, 4) is 0 Å². The first-order valence-electron chi connectivity index (χ1n) is 31.0. The predicted molar refractivity (Wildman–Crippen MR) is 294 cm³/mol. The van der Waals surface area contributed by atoms with Crippen LogP contribution in [0.4, 0.5) is 0 Å². The number of esters is 1. The molecule has 1 N–H and O–H groups in total. The van der Waals surface area contributed by atoms with Gasteiger partial charge in [0.15, 0.2) is 0 Å². The highest BCUT2D eigenvalue weighted by Crippen LogP contribution is 2.18. The quantitative estimate of drug-likeness (QED) is 0.0488. The van der Waals surface area contributed by atoms with Crippen LogP contribution in [0, 0.1) is 0 Å². The van der Waals surface area contributed by atoms with Crippen molar-refractivity contribution in [1.82, 2.24) is 0 Å². The van der Waals surface area contributed by atoms with E-state index in [1.165, 1.54) is 321 Å². The van der Waals surface area contributed by atoms with Crippen LogP contribution in [0.15, 0.2) is 0 Å². The van der Waals surface area contributed by atoms with Crippen molar-refractivity contribution in [1.29, 1.82) is 0 Å². The number of ether oxygens (including phenoxy) is 1. The third-order valence-electron chi connectivity index (χ3n) is 14.2. The molecule has 0 aliphatic heterocycles. The summed E-state index contributed by atoms with van der Waals surface area (Å²) in [6.45, 7) is 7.50. The van der Waals surface area contributed by atoms with Gasteiger partial charge in [0.05, 0.1) is 6.61 Å². The number of hydrogen-bond donors (Lipinski definition) is 1. The van der Waals surface area contributed by atoms with Crippen molar-refractivity contribution in [3.05, 3.63) is 0 Å². The number of aliphatic carboxylic acids is 1. The Hall–Kier alpha value is -1.06. The Balaban J connectivity index is 0. The molecule has 0 aromatic heterocycles. The van der Waals surface area contributed by atoms with Gasteiger partial charge in [0.2, 0.25) is 0 Å². The van der Waals surface area contributed by atoms with Gasteiger partial charge in [-0.15, -0.1) is 0 Å². The minimum atomic E-state index is -0.653. The summed E-state index contributed by atoms with van der Waals surface area (Å²) in [6, 6.07) is 0. The molecule has 0 saturated carbocycles. The molecular weight excluding hydrogens is 809 g/mol. The maximum Gasteiger partial charge on any atom is 0.305 e. The van der Waals surface area contributed by atoms with E-state index in [9.17, 15) is 9.59 Å². The molecule has 0 spiro atoms. The molecule has 0 bridgehead atoms. The van der Waals surface area contributed by atoms with E-state index in [4.69, 9.17) is 9.84 Å². The van der Waals surface area contributed by atoms with Gasteiger partial charge in [0.25, 0.3) is 0 Å². The first-order valence-corrected chi connectivity index (χ1v) is 31.0. The number of carboxylic acid groups (broad SMARTS) is 1. The number of carbonyl (C=O) groups is 2. The molecule has 0 rings (SSSR count). The van der Waals surface area contributed by atoms with Gasteiger partial charge in [-0.05, 0) is 19.3 Å². The van der Waals surface area contributed by atoms with Gasteiger partial charge in [-0.3, -0.25) is 9.59 Å². The number of hydrogen-bond acceptors (Lipinski definition) is 3. The normalized spacial score (nSPS) is 11.3. The summed E-state index contributed by atoms with van der Waals surface area (Å²) in [4.78, 5) is 22.3. The third kappa shape index (κ3) is 67.2. The fourth-order valence-electron chi connectivity index (χ4n) is 9.61. The summed E-state index contributed by atoms with van der Waals surface area (Å²) in [5.74, 6) is -0.622. The van der Waals surface area contributed by atoms with E-state index in [-0.39, 0.29) is 5.97 Å². The number of rotatable bonds is 57. The van der Waals surface area contributed by atoms with E-state index in [0.29, 0.717) is 19.4 Å². The molecule has 0 aromatic rings. The van der Waals surface area contributed by atoms with Crippen LogP contribution >= 0.6 is 0 Å². The summed E-state index contributed by atoms with van der Waals surface area (Å²) >= 11 is 0. The second-order valence-electron chi connectivity index (χ2n) is 21.1. The van der Waals surface area contributed by atoms with Crippen LogP contribution in [-0.2, 0) is 14.3 Å². The Morgan fingerprint density at radius 2 is 0.409 bits per heavy atom. The van der Waals surface area contributed by atoms with Crippen molar-refractivity contribution in [2.45, 2.75) is 380 Å². The standard InChI is InChI=1S/C44H88O2.C18H36O2/c1-3-5-7-9-11-13-15-17-19-20-21-22-23-24-25-26-27-29-31-33-35-37-39-41-43-46-44(45)42-40-38-36-34-32-30-28-18-16-14-12-10-8-6-4-2;1-2-3-4-5-6-7-8-9-10-11-12-13-14-15-16-17-18(19)20/h3-43H2,1-2H3;2-17H2,1H3,(H,19,20). The molecule has 66 heavy (non-hydrogen) atoms. The van der Waals surface area contributed by atoms with Crippen LogP contribution in [0.3, 0.4) is 0 Å². The Labute approximate surface area is 416 Å². The number of carboxylic acids is 1. The first-order chi connectivity index (χ1) is 32.6. The second-order valence-corrected chi connectivity index (χ2v) is 21.1. The van der Waals surface area contributed by atoms with Gasteiger partial charge < -0.3 is 9.84 Å². The lowest BCUT2D eigenvalue weighted by atomic mass is 10.0. The molecule has 0 aliphatic carbocycles. The largest absolute Gasteiger partial charge is 0.481 e. The van der Waals surface area contributed by atoms with E-state index in [0.717, 1.165) is 25.7 Å².